The number of benzene rings is 1. The third-order valence-corrected chi connectivity index (χ3v) is 4.29. The summed E-state index contributed by atoms with van der Waals surface area (Å²) in [7, 11) is 0. The number of carbonyl (C=O) groups is 1. The van der Waals surface area contributed by atoms with Gasteiger partial charge in [-0.25, -0.2) is 4.98 Å². The van der Waals surface area contributed by atoms with Crippen LogP contribution in [0.4, 0.5) is 11.5 Å². The summed E-state index contributed by atoms with van der Waals surface area (Å²) in [6, 6.07) is 9.86. The molecule has 1 aromatic carbocycles. The number of nitrogens with one attached hydrogen (secondary N) is 1. The largest absolute Gasteiger partial charge is 0.365 e. The van der Waals surface area contributed by atoms with Crippen molar-refractivity contribution in [3.63, 3.8) is 0 Å². The number of likely N-dealkylation sites (tertiary alicyclic amines) is 1. The summed E-state index contributed by atoms with van der Waals surface area (Å²) in [6.07, 6.45) is 4.89. The van der Waals surface area contributed by atoms with Gasteiger partial charge in [0, 0.05) is 38.0 Å². The third-order valence-electron chi connectivity index (χ3n) is 4.29. The molecule has 130 valence electrons. The molecule has 1 N–H and O–H groups in total. The smallest absolute Gasteiger partial charge is 0.269 e. The SMILES string of the molecule is O=C(c1cccnc1NCc1ccc([N+](=O)[O-])cc1)N1CCCCC1. The summed E-state index contributed by atoms with van der Waals surface area (Å²) in [6.45, 7) is 2.01. The number of piperidine rings is 1. The Morgan fingerprint density at radius 1 is 1.16 bits per heavy atom. The Labute approximate surface area is 145 Å². The van der Waals surface area contributed by atoms with E-state index in [1.807, 2.05) is 4.90 Å². The van der Waals surface area contributed by atoms with Crippen molar-refractivity contribution >= 4 is 17.4 Å². The topological polar surface area (TPSA) is 88.4 Å². The summed E-state index contributed by atoms with van der Waals surface area (Å²) in [5.41, 5.74) is 1.50. The summed E-state index contributed by atoms with van der Waals surface area (Å²) < 4.78 is 0. The van der Waals surface area contributed by atoms with E-state index >= 15 is 0 Å². The van der Waals surface area contributed by atoms with Crippen LogP contribution in [0, 0.1) is 10.1 Å². The van der Waals surface area contributed by atoms with Gasteiger partial charge in [0.15, 0.2) is 0 Å². The highest BCUT2D eigenvalue weighted by molar-refractivity contribution is 5.98. The third kappa shape index (κ3) is 4.12. The molecular formula is C18H20N4O3. The molecule has 7 heteroatoms. The second-order valence-electron chi connectivity index (χ2n) is 6.03. The van der Waals surface area contributed by atoms with Gasteiger partial charge in [-0.3, -0.25) is 14.9 Å². The fourth-order valence-corrected chi connectivity index (χ4v) is 2.91. The van der Waals surface area contributed by atoms with Crippen LogP contribution in [0.15, 0.2) is 42.6 Å². The van der Waals surface area contributed by atoms with Crippen LogP contribution in [0.25, 0.3) is 0 Å². The minimum atomic E-state index is -0.425. The zero-order valence-corrected chi connectivity index (χ0v) is 13.9. The van der Waals surface area contributed by atoms with Crippen molar-refractivity contribution < 1.29 is 9.72 Å². The number of hydrogen-bond donors (Lipinski definition) is 1. The number of aromatic nitrogens is 1. The lowest BCUT2D eigenvalue weighted by Gasteiger charge is -2.27. The van der Waals surface area contributed by atoms with E-state index in [9.17, 15) is 14.9 Å². The highest BCUT2D eigenvalue weighted by Crippen LogP contribution is 2.19. The number of nitro groups is 1. The van der Waals surface area contributed by atoms with E-state index in [-0.39, 0.29) is 11.6 Å². The second kappa shape index (κ2) is 7.74. The van der Waals surface area contributed by atoms with Crippen molar-refractivity contribution in [3.8, 4) is 0 Å². The normalized spacial score (nSPS) is 14.2. The Morgan fingerprint density at radius 2 is 1.88 bits per heavy atom. The van der Waals surface area contributed by atoms with Crippen molar-refractivity contribution in [2.24, 2.45) is 0 Å². The van der Waals surface area contributed by atoms with Gasteiger partial charge in [-0.05, 0) is 37.0 Å². The van der Waals surface area contributed by atoms with E-state index in [0.717, 1.165) is 31.5 Å². The second-order valence-corrected chi connectivity index (χ2v) is 6.03. The van der Waals surface area contributed by atoms with Crippen LogP contribution in [-0.4, -0.2) is 33.8 Å². The van der Waals surface area contributed by atoms with Crippen LogP contribution in [0.5, 0.6) is 0 Å². The maximum Gasteiger partial charge on any atom is 0.269 e. The fraction of sp³-hybridized carbons (Fsp3) is 0.333. The van der Waals surface area contributed by atoms with Gasteiger partial charge in [-0.2, -0.15) is 0 Å². The highest BCUT2D eigenvalue weighted by atomic mass is 16.6. The minimum Gasteiger partial charge on any atom is -0.365 e. The number of rotatable bonds is 5. The molecule has 1 fully saturated rings. The van der Waals surface area contributed by atoms with Crippen molar-refractivity contribution in [2.75, 3.05) is 18.4 Å². The quantitative estimate of drug-likeness (QED) is 0.667. The standard InChI is InChI=1S/C18H20N4O3/c23-18(21-11-2-1-3-12-21)16-5-4-10-19-17(16)20-13-14-6-8-15(9-7-14)22(24)25/h4-10H,1-3,11-13H2,(H,19,20). The molecule has 1 aliphatic rings. The molecule has 0 bridgehead atoms. The van der Waals surface area contributed by atoms with Crippen LogP contribution in [0.1, 0.15) is 35.2 Å². The zero-order chi connectivity index (χ0) is 17.6. The van der Waals surface area contributed by atoms with Gasteiger partial charge >= 0.3 is 0 Å². The summed E-state index contributed by atoms with van der Waals surface area (Å²) in [4.78, 5) is 29.2. The lowest BCUT2D eigenvalue weighted by atomic mass is 10.1. The Morgan fingerprint density at radius 3 is 2.56 bits per heavy atom. The lowest BCUT2D eigenvalue weighted by molar-refractivity contribution is -0.384. The first kappa shape index (κ1) is 16.9. The van der Waals surface area contributed by atoms with Crippen LogP contribution >= 0.6 is 0 Å². The maximum absolute atomic E-state index is 12.7. The molecule has 3 rings (SSSR count). The average molecular weight is 340 g/mol. The molecule has 1 amide bonds. The van der Waals surface area contributed by atoms with Gasteiger partial charge in [-0.1, -0.05) is 12.1 Å². The van der Waals surface area contributed by atoms with Crippen LogP contribution < -0.4 is 5.32 Å². The Bertz CT molecular complexity index is 755. The molecule has 2 aromatic rings. The van der Waals surface area contributed by atoms with Gasteiger partial charge in [0.05, 0.1) is 10.5 Å². The van der Waals surface area contributed by atoms with Gasteiger partial charge in [0.1, 0.15) is 5.82 Å². The number of pyridine rings is 1. The molecule has 1 aliphatic heterocycles. The molecule has 0 aliphatic carbocycles. The van der Waals surface area contributed by atoms with Crippen molar-refractivity contribution in [2.45, 2.75) is 25.8 Å². The van der Waals surface area contributed by atoms with E-state index in [4.69, 9.17) is 0 Å². The van der Waals surface area contributed by atoms with Gasteiger partial charge in [0.25, 0.3) is 11.6 Å². The fourth-order valence-electron chi connectivity index (χ4n) is 2.91. The maximum atomic E-state index is 12.7. The lowest BCUT2D eigenvalue weighted by Crippen LogP contribution is -2.36. The number of non-ortho nitro benzene ring substituents is 1. The zero-order valence-electron chi connectivity index (χ0n) is 13.9. The van der Waals surface area contributed by atoms with E-state index in [0.29, 0.717) is 17.9 Å². The molecule has 0 saturated carbocycles. The first-order valence-electron chi connectivity index (χ1n) is 8.36. The summed E-state index contributed by atoms with van der Waals surface area (Å²) >= 11 is 0. The number of nitrogens with zero attached hydrogens (tertiary/aromatic N) is 3. The Hall–Kier alpha value is -2.96. The predicted octanol–water partition coefficient (Wildman–Crippen LogP) is 3.23. The molecule has 0 spiro atoms. The monoisotopic (exact) mass is 340 g/mol. The highest BCUT2D eigenvalue weighted by Gasteiger charge is 2.21. The van der Waals surface area contributed by atoms with Crippen molar-refractivity contribution in [1.82, 2.24) is 9.88 Å². The van der Waals surface area contributed by atoms with E-state index < -0.39 is 4.92 Å². The van der Waals surface area contributed by atoms with E-state index in [1.54, 1.807) is 30.5 Å². The Kier molecular flexibility index (Phi) is 5.23. The number of carbonyl (C=O) groups excluding carboxylic acids is 1. The molecular weight excluding hydrogens is 320 g/mol. The van der Waals surface area contributed by atoms with Crippen LogP contribution in [0.3, 0.4) is 0 Å². The van der Waals surface area contributed by atoms with E-state index in [1.165, 1.54) is 18.6 Å². The Balaban J connectivity index is 1.70. The molecule has 7 nitrogen and oxygen atoms in total. The van der Waals surface area contributed by atoms with Crippen molar-refractivity contribution in [3.05, 3.63) is 63.8 Å². The average Bonchev–Trinajstić information content (AvgIpc) is 2.67. The van der Waals surface area contributed by atoms with Crippen molar-refractivity contribution in [1.29, 1.82) is 0 Å². The summed E-state index contributed by atoms with van der Waals surface area (Å²) in [5.74, 6) is 0.537. The molecule has 25 heavy (non-hydrogen) atoms. The van der Waals surface area contributed by atoms with Gasteiger partial charge in [0.2, 0.25) is 0 Å². The number of hydrogen-bond acceptors (Lipinski definition) is 5. The molecule has 1 aromatic heterocycles. The van der Waals surface area contributed by atoms with Gasteiger partial charge < -0.3 is 10.2 Å². The van der Waals surface area contributed by atoms with Gasteiger partial charge in [-0.15, -0.1) is 0 Å². The minimum absolute atomic E-state index is 0.000926. The molecule has 2 heterocycles. The van der Waals surface area contributed by atoms with Crippen LogP contribution in [-0.2, 0) is 6.54 Å². The molecule has 0 atom stereocenters. The molecule has 1 saturated heterocycles. The molecule has 0 radical (unpaired) electrons. The number of amides is 1. The first-order chi connectivity index (χ1) is 12.1. The first-order valence-corrected chi connectivity index (χ1v) is 8.36. The predicted molar refractivity (Wildman–Crippen MR) is 94.4 cm³/mol. The molecule has 0 unspecified atom stereocenters. The van der Waals surface area contributed by atoms with E-state index in [2.05, 4.69) is 10.3 Å². The number of nitro benzene ring substituents is 1. The number of anilines is 1. The van der Waals surface area contributed by atoms with Crippen LogP contribution in [0.2, 0.25) is 0 Å². The summed E-state index contributed by atoms with van der Waals surface area (Å²) in [5, 5.41) is 13.9.